The predicted octanol–water partition coefficient (Wildman–Crippen LogP) is 2.93. The number of anilines is 1. The lowest BCUT2D eigenvalue weighted by Gasteiger charge is -2.25. The third-order valence-electron chi connectivity index (χ3n) is 4.51. The number of hydrogen-bond acceptors (Lipinski definition) is 4. The summed E-state index contributed by atoms with van der Waals surface area (Å²) in [6.45, 7) is 8.99. The lowest BCUT2D eigenvalue weighted by atomic mass is 10.1. The maximum atomic E-state index is 6.28. The van der Waals surface area contributed by atoms with Crippen LogP contribution in [0.1, 0.15) is 44.6 Å². The molecule has 2 saturated heterocycles. The van der Waals surface area contributed by atoms with Gasteiger partial charge in [0.2, 0.25) is 0 Å². The monoisotopic (exact) mass is 294 g/mol. The normalized spacial score (nSPS) is 24.0. The summed E-state index contributed by atoms with van der Waals surface area (Å²) in [6.07, 6.45) is 5.53. The van der Waals surface area contributed by atoms with E-state index < -0.39 is 0 Å². The molecular weight excluding hydrogens is 272 g/mol. The van der Waals surface area contributed by atoms with Gasteiger partial charge in [-0.3, -0.25) is 4.90 Å². The Morgan fingerprint density at radius 3 is 2.65 bits per heavy atom. The molecule has 110 valence electrons. The minimum absolute atomic E-state index is 0.351. The van der Waals surface area contributed by atoms with Gasteiger partial charge < -0.3 is 4.90 Å². The highest BCUT2D eigenvalue weighted by atomic mass is 35.5. The first-order valence-electron chi connectivity index (χ1n) is 7.66. The molecule has 0 radical (unpaired) electrons. The highest BCUT2D eigenvalue weighted by Crippen LogP contribution is 2.33. The quantitative estimate of drug-likeness (QED) is 0.803. The van der Waals surface area contributed by atoms with E-state index >= 15 is 0 Å². The van der Waals surface area contributed by atoms with Gasteiger partial charge in [0, 0.05) is 24.7 Å². The second-order valence-electron chi connectivity index (χ2n) is 6.19. The third-order valence-corrected chi connectivity index (χ3v) is 4.81. The van der Waals surface area contributed by atoms with Gasteiger partial charge in [-0.05, 0) is 38.3 Å². The molecule has 1 aromatic rings. The van der Waals surface area contributed by atoms with Gasteiger partial charge in [0.1, 0.15) is 17.3 Å². The molecule has 3 rings (SSSR count). The van der Waals surface area contributed by atoms with Crippen LogP contribution >= 0.6 is 11.6 Å². The molecule has 4 nitrogen and oxygen atoms in total. The van der Waals surface area contributed by atoms with E-state index in [0.29, 0.717) is 17.1 Å². The molecule has 0 aromatic carbocycles. The van der Waals surface area contributed by atoms with E-state index in [1.807, 2.05) is 0 Å². The molecule has 20 heavy (non-hydrogen) atoms. The summed E-state index contributed by atoms with van der Waals surface area (Å²) in [5.74, 6) is 1.39. The smallest absolute Gasteiger partial charge is 0.138 e. The molecule has 0 aliphatic carbocycles. The van der Waals surface area contributed by atoms with Crippen LogP contribution in [0.5, 0.6) is 0 Å². The van der Waals surface area contributed by atoms with Crippen LogP contribution in [0.4, 0.5) is 5.82 Å². The molecule has 0 N–H and O–H groups in total. The van der Waals surface area contributed by atoms with E-state index in [9.17, 15) is 0 Å². The van der Waals surface area contributed by atoms with Crippen LogP contribution in [0, 0.1) is 0 Å². The molecular formula is C15H23ClN4. The minimum Gasteiger partial charge on any atom is -0.355 e. The first kappa shape index (κ1) is 14.1. The Hall–Kier alpha value is -0.870. The zero-order valence-corrected chi connectivity index (χ0v) is 13.1. The summed E-state index contributed by atoms with van der Waals surface area (Å²) in [6, 6.07) is 0.686. The van der Waals surface area contributed by atoms with Gasteiger partial charge in [-0.2, -0.15) is 0 Å². The van der Waals surface area contributed by atoms with Crippen molar-refractivity contribution >= 4 is 17.4 Å². The topological polar surface area (TPSA) is 32.3 Å². The molecule has 2 aliphatic rings. The maximum absolute atomic E-state index is 6.28. The van der Waals surface area contributed by atoms with E-state index in [1.165, 1.54) is 32.4 Å². The molecule has 1 atom stereocenters. The molecule has 2 fully saturated rings. The lowest BCUT2D eigenvalue weighted by molar-refractivity contribution is 0.260. The molecule has 3 heterocycles. The number of aromatic nitrogens is 2. The van der Waals surface area contributed by atoms with Gasteiger partial charge in [-0.25, -0.2) is 9.97 Å². The van der Waals surface area contributed by atoms with Crippen molar-refractivity contribution in [3.05, 3.63) is 17.0 Å². The Morgan fingerprint density at radius 2 is 1.95 bits per heavy atom. The van der Waals surface area contributed by atoms with Crippen molar-refractivity contribution in [3.63, 3.8) is 0 Å². The van der Waals surface area contributed by atoms with Crippen molar-refractivity contribution in [3.8, 4) is 0 Å². The van der Waals surface area contributed by atoms with Crippen molar-refractivity contribution < 1.29 is 0 Å². The summed E-state index contributed by atoms with van der Waals surface area (Å²) < 4.78 is 0. The van der Waals surface area contributed by atoms with Crippen LogP contribution in [0.25, 0.3) is 0 Å². The van der Waals surface area contributed by atoms with Gasteiger partial charge in [0.15, 0.2) is 0 Å². The molecule has 5 heteroatoms. The van der Waals surface area contributed by atoms with Crippen LogP contribution in [0.2, 0.25) is 5.15 Å². The van der Waals surface area contributed by atoms with Crippen molar-refractivity contribution in [1.29, 1.82) is 0 Å². The van der Waals surface area contributed by atoms with Gasteiger partial charge in [-0.1, -0.05) is 25.4 Å². The van der Waals surface area contributed by atoms with Crippen molar-refractivity contribution in [1.82, 2.24) is 14.9 Å². The SMILES string of the molecule is CC(C)c1c(Cl)ncnc1N1CCC(N2CCCC2)C1. The summed E-state index contributed by atoms with van der Waals surface area (Å²) in [4.78, 5) is 13.7. The molecule has 0 saturated carbocycles. The first-order chi connectivity index (χ1) is 9.66. The predicted molar refractivity (Wildman–Crippen MR) is 82.6 cm³/mol. The largest absolute Gasteiger partial charge is 0.355 e. The van der Waals surface area contributed by atoms with E-state index in [0.717, 1.165) is 24.5 Å². The van der Waals surface area contributed by atoms with E-state index in [-0.39, 0.29) is 0 Å². The molecule has 0 bridgehead atoms. The van der Waals surface area contributed by atoms with Crippen LogP contribution < -0.4 is 4.90 Å². The minimum atomic E-state index is 0.351. The Balaban J connectivity index is 1.79. The average Bonchev–Trinajstić information content (AvgIpc) is 3.09. The van der Waals surface area contributed by atoms with Crippen LogP contribution in [0.15, 0.2) is 6.33 Å². The van der Waals surface area contributed by atoms with Crippen LogP contribution in [0.3, 0.4) is 0 Å². The van der Waals surface area contributed by atoms with Crippen molar-refractivity contribution in [2.45, 2.75) is 45.1 Å². The third kappa shape index (κ3) is 2.63. The molecule has 1 aromatic heterocycles. The maximum Gasteiger partial charge on any atom is 0.138 e. The summed E-state index contributed by atoms with van der Waals surface area (Å²) >= 11 is 6.28. The number of halogens is 1. The highest BCUT2D eigenvalue weighted by molar-refractivity contribution is 6.30. The van der Waals surface area contributed by atoms with Crippen molar-refractivity contribution in [2.24, 2.45) is 0 Å². The fraction of sp³-hybridized carbons (Fsp3) is 0.733. The molecule has 0 spiro atoms. The summed E-state index contributed by atoms with van der Waals surface area (Å²) in [7, 11) is 0. The van der Waals surface area contributed by atoms with Gasteiger partial charge >= 0.3 is 0 Å². The lowest BCUT2D eigenvalue weighted by Crippen LogP contribution is -2.35. The first-order valence-corrected chi connectivity index (χ1v) is 8.04. The average molecular weight is 295 g/mol. The van der Waals surface area contributed by atoms with Gasteiger partial charge in [-0.15, -0.1) is 0 Å². The van der Waals surface area contributed by atoms with E-state index in [2.05, 4.69) is 33.6 Å². The number of rotatable bonds is 3. The fourth-order valence-electron chi connectivity index (χ4n) is 3.45. The Kier molecular flexibility index (Phi) is 4.13. The second kappa shape index (κ2) is 5.86. The molecule has 1 unspecified atom stereocenters. The Bertz CT molecular complexity index is 471. The summed E-state index contributed by atoms with van der Waals surface area (Å²) in [5.41, 5.74) is 1.09. The molecule has 0 amide bonds. The van der Waals surface area contributed by atoms with Gasteiger partial charge in [0.25, 0.3) is 0 Å². The van der Waals surface area contributed by atoms with Gasteiger partial charge in [0.05, 0.1) is 0 Å². The second-order valence-corrected chi connectivity index (χ2v) is 6.55. The highest BCUT2D eigenvalue weighted by Gasteiger charge is 2.31. The zero-order chi connectivity index (χ0) is 14.1. The fourth-order valence-corrected chi connectivity index (χ4v) is 3.80. The number of nitrogens with zero attached hydrogens (tertiary/aromatic N) is 4. The summed E-state index contributed by atoms with van der Waals surface area (Å²) in [5, 5.41) is 0.606. The Morgan fingerprint density at radius 1 is 1.20 bits per heavy atom. The Labute approximate surface area is 126 Å². The van der Waals surface area contributed by atoms with E-state index in [4.69, 9.17) is 11.6 Å². The van der Waals surface area contributed by atoms with Crippen molar-refractivity contribution in [2.75, 3.05) is 31.1 Å². The zero-order valence-electron chi connectivity index (χ0n) is 12.3. The number of hydrogen-bond donors (Lipinski definition) is 0. The number of likely N-dealkylation sites (tertiary alicyclic amines) is 1. The van der Waals surface area contributed by atoms with Crippen LogP contribution in [-0.2, 0) is 0 Å². The molecule has 2 aliphatic heterocycles. The standard InChI is InChI=1S/C15H23ClN4/c1-11(2)13-14(16)17-10-18-15(13)20-8-5-12(9-20)19-6-3-4-7-19/h10-12H,3-9H2,1-2H3. The van der Waals surface area contributed by atoms with Crippen LogP contribution in [-0.4, -0.2) is 47.1 Å². The van der Waals surface area contributed by atoms with E-state index in [1.54, 1.807) is 6.33 Å².